The fourth-order valence-corrected chi connectivity index (χ4v) is 1.78. The molecule has 0 spiro atoms. The zero-order valence-corrected chi connectivity index (χ0v) is 9.78. The highest BCUT2D eigenvalue weighted by molar-refractivity contribution is 5.78. The Morgan fingerprint density at radius 3 is 2.78 bits per heavy atom. The first-order valence-electron chi connectivity index (χ1n) is 5.78. The van der Waals surface area contributed by atoms with Gasteiger partial charge in [-0.1, -0.05) is 30.3 Å². The van der Waals surface area contributed by atoms with E-state index in [-0.39, 0.29) is 0 Å². The van der Waals surface area contributed by atoms with Crippen molar-refractivity contribution in [2.75, 3.05) is 0 Å². The maximum atomic E-state index is 5.74. The van der Waals surface area contributed by atoms with E-state index < -0.39 is 0 Å². The van der Waals surface area contributed by atoms with E-state index in [1.165, 1.54) is 0 Å². The van der Waals surface area contributed by atoms with Gasteiger partial charge >= 0.3 is 0 Å². The summed E-state index contributed by atoms with van der Waals surface area (Å²) in [7, 11) is 0. The molecule has 1 heterocycles. The Labute approximate surface area is 105 Å². The van der Waals surface area contributed by atoms with Crippen molar-refractivity contribution in [3.05, 3.63) is 66.6 Å². The Bertz CT molecular complexity index is 653. The van der Waals surface area contributed by atoms with Gasteiger partial charge in [0.15, 0.2) is 0 Å². The SMILES string of the molecule is c1ccc(COc2ccc3cncnc3c2)cc1. The second kappa shape index (κ2) is 4.84. The van der Waals surface area contributed by atoms with E-state index in [1.807, 2.05) is 48.5 Å². The molecule has 3 heteroatoms. The summed E-state index contributed by atoms with van der Waals surface area (Å²) in [6.45, 7) is 0.567. The lowest BCUT2D eigenvalue weighted by Crippen LogP contribution is -1.95. The third-order valence-corrected chi connectivity index (χ3v) is 2.73. The topological polar surface area (TPSA) is 35.0 Å². The summed E-state index contributed by atoms with van der Waals surface area (Å²) in [5.74, 6) is 0.824. The fourth-order valence-electron chi connectivity index (χ4n) is 1.78. The van der Waals surface area contributed by atoms with Gasteiger partial charge in [-0.3, -0.25) is 0 Å². The second-order valence-electron chi connectivity index (χ2n) is 4.02. The van der Waals surface area contributed by atoms with Crippen LogP contribution in [-0.4, -0.2) is 9.97 Å². The van der Waals surface area contributed by atoms with Gasteiger partial charge in [0, 0.05) is 17.6 Å². The van der Waals surface area contributed by atoms with Crippen molar-refractivity contribution >= 4 is 10.9 Å². The molecule has 0 unspecified atom stereocenters. The Hall–Kier alpha value is -2.42. The zero-order chi connectivity index (χ0) is 12.2. The van der Waals surface area contributed by atoms with Crippen LogP contribution in [-0.2, 0) is 6.61 Å². The molecule has 3 nitrogen and oxygen atoms in total. The lowest BCUT2D eigenvalue weighted by atomic mass is 10.2. The van der Waals surface area contributed by atoms with Crippen LogP contribution in [0.2, 0.25) is 0 Å². The van der Waals surface area contributed by atoms with E-state index in [2.05, 4.69) is 9.97 Å². The van der Waals surface area contributed by atoms with Crippen LogP contribution in [0, 0.1) is 0 Å². The number of rotatable bonds is 3. The molecule has 0 amide bonds. The summed E-state index contributed by atoms with van der Waals surface area (Å²) in [4.78, 5) is 8.19. The lowest BCUT2D eigenvalue weighted by Gasteiger charge is -2.06. The van der Waals surface area contributed by atoms with Crippen LogP contribution in [0.1, 0.15) is 5.56 Å². The van der Waals surface area contributed by atoms with Crippen LogP contribution >= 0.6 is 0 Å². The minimum absolute atomic E-state index is 0.567. The van der Waals surface area contributed by atoms with Gasteiger partial charge in [-0.25, -0.2) is 9.97 Å². The Morgan fingerprint density at radius 2 is 1.89 bits per heavy atom. The maximum Gasteiger partial charge on any atom is 0.122 e. The smallest absolute Gasteiger partial charge is 0.122 e. The molecule has 0 aliphatic heterocycles. The first-order chi connectivity index (χ1) is 8.92. The summed E-state index contributed by atoms with van der Waals surface area (Å²) in [6, 6.07) is 15.9. The average Bonchev–Trinajstić information content (AvgIpc) is 2.46. The monoisotopic (exact) mass is 236 g/mol. The van der Waals surface area contributed by atoms with E-state index in [0.29, 0.717) is 6.61 Å². The molecule has 0 saturated carbocycles. The number of benzene rings is 2. The molecule has 3 aromatic rings. The largest absolute Gasteiger partial charge is 0.489 e. The molecule has 0 radical (unpaired) electrons. The summed E-state index contributed by atoms with van der Waals surface area (Å²) in [6.07, 6.45) is 3.34. The number of hydrogen-bond donors (Lipinski definition) is 0. The molecule has 0 aliphatic rings. The normalized spacial score (nSPS) is 10.4. The predicted octanol–water partition coefficient (Wildman–Crippen LogP) is 3.21. The van der Waals surface area contributed by atoms with Gasteiger partial charge in [0.1, 0.15) is 18.7 Å². The number of fused-ring (bicyclic) bond motifs is 1. The van der Waals surface area contributed by atoms with Crippen molar-refractivity contribution in [1.82, 2.24) is 9.97 Å². The number of ether oxygens (including phenoxy) is 1. The summed E-state index contributed by atoms with van der Waals surface area (Å²) < 4.78 is 5.74. The molecule has 0 bridgehead atoms. The average molecular weight is 236 g/mol. The van der Waals surface area contributed by atoms with E-state index in [9.17, 15) is 0 Å². The van der Waals surface area contributed by atoms with Gasteiger partial charge in [0.05, 0.1) is 5.52 Å². The van der Waals surface area contributed by atoms with Crippen LogP contribution < -0.4 is 4.74 Å². The van der Waals surface area contributed by atoms with Gasteiger partial charge in [0.25, 0.3) is 0 Å². The van der Waals surface area contributed by atoms with Crippen LogP contribution in [0.15, 0.2) is 61.1 Å². The molecular weight excluding hydrogens is 224 g/mol. The first kappa shape index (κ1) is 10.7. The van der Waals surface area contributed by atoms with Crippen molar-refractivity contribution in [3.8, 4) is 5.75 Å². The van der Waals surface area contributed by atoms with Crippen molar-refractivity contribution in [3.63, 3.8) is 0 Å². The van der Waals surface area contributed by atoms with Crippen molar-refractivity contribution < 1.29 is 4.74 Å². The zero-order valence-electron chi connectivity index (χ0n) is 9.78. The highest BCUT2D eigenvalue weighted by atomic mass is 16.5. The highest BCUT2D eigenvalue weighted by Crippen LogP contribution is 2.19. The summed E-state index contributed by atoms with van der Waals surface area (Å²) in [5, 5.41) is 1.02. The van der Waals surface area contributed by atoms with Crippen LogP contribution in [0.3, 0.4) is 0 Å². The van der Waals surface area contributed by atoms with Crippen LogP contribution in [0.5, 0.6) is 5.75 Å². The second-order valence-corrected chi connectivity index (χ2v) is 4.02. The van der Waals surface area contributed by atoms with Gasteiger partial charge in [-0.2, -0.15) is 0 Å². The standard InChI is InChI=1S/C15H12N2O/c1-2-4-12(5-3-1)10-18-14-7-6-13-9-16-11-17-15(13)8-14/h1-9,11H,10H2. The molecule has 0 atom stereocenters. The molecule has 2 aromatic carbocycles. The van der Waals surface area contributed by atoms with Crippen molar-refractivity contribution in [1.29, 1.82) is 0 Å². The fraction of sp³-hybridized carbons (Fsp3) is 0.0667. The third kappa shape index (κ3) is 2.30. The molecule has 0 fully saturated rings. The molecule has 1 aromatic heterocycles. The molecule has 0 saturated heterocycles. The maximum absolute atomic E-state index is 5.74. The van der Waals surface area contributed by atoms with Crippen LogP contribution in [0.4, 0.5) is 0 Å². The van der Waals surface area contributed by atoms with Crippen molar-refractivity contribution in [2.45, 2.75) is 6.61 Å². The van der Waals surface area contributed by atoms with Gasteiger partial charge in [-0.15, -0.1) is 0 Å². The minimum atomic E-state index is 0.567. The third-order valence-electron chi connectivity index (χ3n) is 2.73. The van der Waals surface area contributed by atoms with E-state index in [1.54, 1.807) is 12.5 Å². The van der Waals surface area contributed by atoms with E-state index >= 15 is 0 Å². The molecule has 88 valence electrons. The predicted molar refractivity (Wildman–Crippen MR) is 70.3 cm³/mol. The van der Waals surface area contributed by atoms with Crippen molar-refractivity contribution in [2.24, 2.45) is 0 Å². The quantitative estimate of drug-likeness (QED) is 0.700. The number of hydrogen-bond acceptors (Lipinski definition) is 3. The molecule has 18 heavy (non-hydrogen) atoms. The van der Waals surface area contributed by atoms with E-state index in [0.717, 1.165) is 22.2 Å². The van der Waals surface area contributed by atoms with Crippen LogP contribution in [0.25, 0.3) is 10.9 Å². The molecule has 0 aliphatic carbocycles. The molecule has 0 N–H and O–H groups in total. The number of nitrogens with zero attached hydrogens (tertiary/aromatic N) is 2. The van der Waals surface area contributed by atoms with Gasteiger partial charge in [0.2, 0.25) is 0 Å². The molecular formula is C15H12N2O. The Morgan fingerprint density at radius 1 is 1.00 bits per heavy atom. The lowest BCUT2D eigenvalue weighted by molar-refractivity contribution is 0.306. The highest BCUT2D eigenvalue weighted by Gasteiger charge is 1.99. The van der Waals surface area contributed by atoms with E-state index in [4.69, 9.17) is 4.74 Å². The Balaban J connectivity index is 1.79. The van der Waals surface area contributed by atoms with Gasteiger partial charge < -0.3 is 4.74 Å². The Kier molecular flexibility index (Phi) is 2.88. The first-order valence-corrected chi connectivity index (χ1v) is 5.78. The number of aromatic nitrogens is 2. The summed E-state index contributed by atoms with van der Waals surface area (Å²) in [5.41, 5.74) is 2.05. The van der Waals surface area contributed by atoms with Gasteiger partial charge in [-0.05, 0) is 17.7 Å². The summed E-state index contributed by atoms with van der Waals surface area (Å²) >= 11 is 0. The minimum Gasteiger partial charge on any atom is -0.489 e. The molecule has 3 rings (SSSR count).